The summed E-state index contributed by atoms with van der Waals surface area (Å²) in [7, 11) is 0.0817. The number of hydrogen-bond donors (Lipinski definition) is 1. The van der Waals surface area contributed by atoms with Crippen molar-refractivity contribution in [2.24, 2.45) is 0 Å². The Morgan fingerprint density at radius 2 is 1.79 bits per heavy atom. The van der Waals surface area contributed by atoms with Crippen LogP contribution in [0.25, 0.3) is 11.0 Å². The number of ether oxygens (including phenoxy) is 1. The van der Waals surface area contributed by atoms with Gasteiger partial charge in [-0.15, -0.1) is 0 Å². The summed E-state index contributed by atoms with van der Waals surface area (Å²) in [6, 6.07) is 5.44. The van der Waals surface area contributed by atoms with Crippen LogP contribution in [-0.4, -0.2) is 61.5 Å². The zero-order valence-corrected chi connectivity index (χ0v) is 24.5. The molecule has 2 aromatic heterocycles. The van der Waals surface area contributed by atoms with E-state index in [0.29, 0.717) is 28.6 Å². The first kappa shape index (κ1) is 29.2. The molecule has 0 bridgehead atoms. The van der Waals surface area contributed by atoms with Crippen molar-refractivity contribution < 1.29 is 22.3 Å². The first-order valence-corrected chi connectivity index (χ1v) is 16.8. The van der Waals surface area contributed by atoms with Gasteiger partial charge >= 0.3 is 0 Å². The van der Waals surface area contributed by atoms with Gasteiger partial charge in [-0.05, 0) is 71.4 Å². The fourth-order valence-electron chi connectivity index (χ4n) is 5.03. The Kier molecular flexibility index (Phi) is 9.13. The molecule has 0 radical (unpaired) electrons. The maximum atomic E-state index is 14.9. The van der Waals surface area contributed by atoms with Crippen molar-refractivity contribution in [1.82, 2.24) is 19.9 Å². The summed E-state index contributed by atoms with van der Waals surface area (Å²) in [4.78, 5) is 16.2. The number of nitrogens with one attached hydrogen (secondary N) is 1. The van der Waals surface area contributed by atoms with Gasteiger partial charge in [0.15, 0.2) is 14.0 Å². The zero-order chi connectivity index (χ0) is 28.3. The SMILES string of the molecule is COc1nc2nc(C)nc(N[C@H](C)c3cccc(C(F)F)c3F)c2cc1C1CCN(CCO[Si](C)(C)C)CC1. The molecule has 1 aromatic carbocycles. The van der Waals surface area contributed by atoms with Crippen LogP contribution in [0.15, 0.2) is 24.3 Å². The van der Waals surface area contributed by atoms with Gasteiger partial charge in [-0.1, -0.05) is 18.2 Å². The van der Waals surface area contributed by atoms with Crippen LogP contribution in [0.2, 0.25) is 19.6 Å². The smallest absolute Gasteiger partial charge is 0.266 e. The topological polar surface area (TPSA) is 72.4 Å². The van der Waals surface area contributed by atoms with E-state index in [0.717, 1.165) is 50.7 Å². The number of fused-ring (bicyclic) bond motifs is 1. The normalized spacial score (nSPS) is 16.2. The number of nitrogens with zero attached hydrogens (tertiary/aromatic N) is 4. The summed E-state index contributed by atoms with van der Waals surface area (Å²) >= 11 is 0. The van der Waals surface area contributed by atoms with Crippen molar-refractivity contribution in [3.63, 3.8) is 0 Å². The van der Waals surface area contributed by atoms with Gasteiger partial charge in [-0.25, -0.2) is 23.1 Å². The van der Waals surface area contributed by atoms with Gasteiger partial charge in [-0.2, -0.15) is 4.98 Å². The molecule has 0 amide bonds. The van der Waals surface area contributed by atoms with Gasteiger partial charge in [0, 0.05) is 24.3 Å². The van der Waals surface area contributed by atoms with Crippen molar-refractivity contribution in [3.8, 4) is 5.88 Å². The maximum Gasteiger partial charge on any atom is 0.266 e. The second-order valence-electron chi connectivity index (χ2n) is 11.1. The summed E-state index contributed by atoms with van der Waals surface area (Å²) < 4.78 is 53.1. The minimum absolute atomic E-state index is 0.143. The van der Waals surface area contributed by atoms with Gasteiger partial charge in [0.25, 0.3) is 6.43 Å². The third-order valence-corrected chi connectivity index (χ3v) is 8.14. The molecule has 0 aliphatic carbocycles. The predicted molar refractivity (Wildman–Crippen MR) is 150 cm³/mol. The van der Waals surface area contributed by atoms with Gasteiger partial charge in [0.2, 0.25) is 5.88 Å². The number of benzene rings is 1. The number of likely N-dealkylation sites (tertiary alicyclic amines) is 1. The fraction of sp³-hybridized carbons (Fsp3) is 0.536. The van der Waals surface area contributed by atoms with Crippen molar-refractivity contribution in [2.75, 3.05) is 38.7 Å². The molecular formula is C28H38F3N5O2Si. The second kappa shape index (κ2) is 12.2. The van der Waals surface area contributed by atoms with E-state index in [1.807, 2.05) is 6.07 Å². The molecule has 1 aliphatic heterocycles. The summed E-state index contributed by atoms with van der Waals surface area (Å²) in [6.07, 6.45) is -0.986. The van der Waals surface area contributed by atoms with Gasteiger partial charge < -0.3 is 19.4 Å². The van der Waals surface area contributed by atoms with Crippen molar-refractivity contribution >= 4 is 25.2 Å². The third kappa shape index (κ3) is 7.06. The second-order valence-corrected chi connectivity index (χ2v) is 15.6. The van der Waals surface area contributed by atoms with Crippen molar-refractivity contribution in [2.45, 2.75) is 64.7 Å². The molecule has 3 aromatic rings. The number of anilines is 1. The summed E-state index contributed by atoms with van der Waals surface area (Å²) in [5, 5.41) is 3.90. The fourth-order valence-corrected chi connectivity index (χ4v) is 5.73. The van der Waals surface area contributed by atoms with E-state index >= 15 is 0 Å². The average molecular weight is 562 g/mol. The van der Waals surface area contributed by atoms with E-state index in [-0.39, 0.29) is 11.5 Å². The van der Waals surface area contributed by atoms with E-state index in [1.165, 1.54) is 12.1 Å². The molecule has 4 rings (SSSR count). The molecule has 1 saturated heterocycles. The molecule has 1 N–H and O–H groups in total. The Morgan fingerprint density at radius 1 is 1.10 bits per heavy atom. The number of piperidine rings is 1. The first-order chi connectivity index (χ1) is 18.5. The van der Waals surface area contributed by atoms with Crippen LogP contribution in [0.1, 0.15) is 60.7 Å². The number of alkyl halides is 2. The summed E-state index contributed by atoms with van der Waals surface area (Å²) in [6.45, 7) is 13.6. The Bertz CT molecular complexity index is 1300. The van der Waals surface area contributed by atoms with Crippen molar-refractivity contribution in [1.29, 1.82) is 0 Å². The highest BCUT2D eigenvalue weighted by Gasteiger charge is 2.26. The highest BCUT2D eigenvalue weighted by Crippen LogP contribution is 2.37. The van der Waals surface area contributed by atoms with Crippen LogP contribution in [0.3, 0.4) is 0 Å². The minimum atomic E-state index is -2.89. The predicted octanol–water partition coefficient (Wildman–Crippen LogP) is 6.62. The lowest BCUT2D eigenvalue weighted by Gasteiger charge is -2.33. The first-order valence-electron chi connectivity index (χ1n) is 13.4. The number of hydrogen-bond acceptors (Lipinski definition) is 7. The molecule has 7 nitrogen and oxygen atoms in total. The quantitative estimate of drug-likeness (QED) is 0.279. The minimum Gasteiger partial charge on any atom is -0.481 e. The molecule has 0 unspecified atom stereocenters. The molecule has 0 saturated carbocycles. The number of aromatic nitrogens is 3. The monoisotopic (exact) mass is 561 g/mol. The van der Waals surface area contributed by atoms with E-state index in [1.54, 1.807) is 21.0 Å². The van der Waals surface area contributed by atoms with Crippen molar-refractivity contribution in [3.05, 3.63) is 52.6 Å². The lowest BCUT2D eigenvalue weighted by molar-refractivity contribution is 0.146. The van der Waals surface area contributed by atoms with Crippen LogP contribution < -0.4 is 10.1 Å². The number of halogens is 3. The molecule has 1 atom stereocenters. The third-order valence-electron chi connectivity index (χ3n) is 7.07. The number of pyridine rings is 1. The molecular weight excluding hydrogens is 523 g/mol. The lowest BCUT2D eigenvalue weighted by atomic mass is 9.89. The average Bonchev–Trinajstić information content (AvgIpc) is 2.87. The molecule has 3 heterocycles. The molecule has 212 valence electrons. The van der Waals surface area contributed by atoms with E-state index in [9.17, 15) is 13.2 Å². The summed E-state index contributed by atoms with van der Waals surface area (Å²) in [5.74, 6) is 0.831. The van der Waals surface area contributed by atoms with E-state index in [4.69, 9.17) is 14.1 Å². The number of methoxy groups -OCH3 is 1. The Morgan fingerprint density at radius 3 is 2.44 bits per heavy atom. The molecule has 1 aliphatic rings. The highest BCUT2D eigenvalue weighted by molar-refractivity contribution is 6.69. The molecule has 0 spiro atoms. The zero-order valence-electron chi connectivity index (χ0n) is 23.5. The van der Waals surface area contributed by atoms with E-state index in [2.05, 4.69) is 39.8 Å². The maximum absolute atomic E-state index is 14.9. The van der Waals surface area contributed by atoms with Gasteiger partial charge in [0.1, 0.15) is 17.5 Å². The largest absolute Gasteiger partial charge is 0.481 e. The standard InChI is InChI=1S/C28H38F3N5O2Si/c1-17(20-8-7-9-21(24(20)29)25(30)31)32-26-23-16-22(28(37-3)35-27(23)34-18(2)33-26)19-10-12-36(13-11-19)14-15-38-39(4,5)6/h7-9,16-17,19,25H,10-15H2,1-6H3,(H,32,33,34,35)/t17-/m1/s1. The van der Waals surface area contributed by atoms with Gasteiger partial charge in [0.05, 0.1) is 24.1 Å². The Labute approximate surface area is 229 Å². The van der Waals surface area contributed by atoms with Crippen LogP contribution >= 0.6 is 0 Å². The van der Waals surface area contributed by atoms with Crippen LogP contribution in [0.4, 0.5) is 19.0 Å². The van der Waals surface area contributed by atoms with Crippen LogP contribution in [0, 0.1) is 12.7 Å². The Hall–Kier alpha value is -2.76. The molecule has 39 heavy (non-hydrogen) atoms. The van der Waals surface area contributed by atoms with E-state index < -0.39 is 32.2 Å². The molecule has 1 fully saturated rings. The summed E-state index contributed by atoms with van der Waals surface area (Å²) in [5.41, 5.74) is 0.971. The number of rotatable bonds is 10. The Balaban J connectivity index is 1.58. The highest BCUT2D eigenvalue weighted by atomic mass is 28.4. The molecule has 11 heteroatoms. The van der Waals surface area contributed by atoms with Crippen LogP contribution in [0.5, 0.6) is 5.88 Å². The van der Waals surface area contributed by atoms with Gasteiger partial charge in [-0.3, -0.25) is 0 Å². The number of aryl methyl sites for hydroxylation is 1. The van der Waals surface area contributed by atoms with Crippen LogP contribution in [-0.2, 0) is 4.43 Å². The lowest BCUT2D eigenvalue weighted by Crippen LogP contribution is -2.37.